The van der Waals surface area contributed by atoms with E-state index in [0.717, 1.165) is 28.2 Å². The number of aromatic nitrogens is 2. The number of para-hydroxylation sites is 3. The number of hydrogen-bond donors (Lipinski definition) is 0. The molecule has 6 aromatic carbocycles. The molecule has 2 heterocycles. The van der Waals surface area contributed by atoms with Crippen LogP contribution in [0.4, 0.5) is 0 Å². The Labute approximate surface area is 335 Å². The molecule has 0 fully saturated rings. The third-order valence-corrected chi connectivity index (χ3v) is 12.9. The molecule has 0 spiro atoms. The normalized spacial score (nSPS) is 14.9. The van der Waals surface area contributed by atoms with E-state index < -0.39 is 0 Å². The second kappa shape index (κ2) is 12.4. The molecule has 0 N–H and O–H groups in total. The lowest BCUT2D eigenvalue weighted by molar-refractivity contribution is 0.649. The van der Waals surface area contributed by atoms with Gasteiger partial charge in [-0.3, -0.25) is 0 Å². The van der Waals surface area contributed by atoms with E-state index in [1.165, 1.54) is 82.8 Å². The maximum absolute atomic E-state index is 4.32. The van der Waals surface area contributed by atoms with Gasteiger partial charge in [0.25, 0.3) is 0 Å². The average molecular weight is 735 g/mol. The van der Waals surface area contributed by atoms with E-state index in [-0.39, 0.29) is 10.8 Å². The second-order valence-corrected chi connectivity index (χ2v) is 16.6. The quantitative estimate of drug-likeness (QED) is 0.144. The number of fused-ring (bicyclic) bond motifs is 11. The zero-order valence-corrected chi connectivity index (χ0v) is 33.4. The van der Waals surface area contributed by atoms with Crippen LogP contribution in [0.5, 0.6) is 0 Å². The van der Waals surface area contributed by atoms with Gasteiger partial charge in [-0.15, -0.1) is 0 Å². The summed E-state index contributed by atoms with van der Waals surface area (Å²) >= 11 is 0. The first-order chi connectivity index (χ1) is 27.6. The molecular weight excluding hydrogens is 689 g/mol. The summed E-state index contributed by atoms with van der Waals surface area (Å²) in [5.41, 5.74) is 20.6. The molecule has 0 radical (unpaired) electrons. The Kier molecular flexibility index (Phi) is 7.59. The van der Waals surface area contributed by atoms with Gasteiger partial charge in [0.2, 0.25) is 0 Å². The summed E-state index contributed by atoms with van der Waals surface area (Å²) < 4.78 is 4.85. The SMILES string of the molecule is C=C/C=C(\C=C)c1cc2c(c3c1C(C)(C)c1ccc(-n4c5ccccc5c5ccccc54)cc1-3)-c1cc(-n3c(/C=C\C)c(C=C)c4ccccc43)ccc1C2(C)C. The van der Waals surface area contributed by atoms with Crippen LogP contribution in [0.15, 0.2) is 159 Å². The summed E-state index contributed by atoms with van der Waals surface area (Å²) in [7, 11) is 0. The molecule has 2 nitrogen and oxygen atoms in total. The molecule has 0 saturated carbocycles. The van der Waals surface area contributed by atoms with E-state index in [1.807, 2.05) is 18.2 Å². The maximum Gasteiger partial charge on any atom is 0.0541 e. The van der Waals surface area contributed by atoms with Crippen LogP contribution in [0.25, 0.3) is 84.1 Å². The van der Waals surface area contributed by atoms with Gasteiger partial charge in [0.15, 0.2) is 0 Å². The molecule has 2 aromatic heterocycles. The smallest absolute Gasteiger partial charge is 0.0541 e. The zero-order valence-electron chi connectivity index (χ0n) is 33.4. The van der Waals surface area contributed by atoms with Crippen LogP contribution in [0.3, 0.4) is 0 Å². The van der Waals surface area contributed by atoms with Gasteiger partial charge >= 0.3 is 0 Å². The first-order valence-corrected chi connectivity index (χ1v) is 20.0. The topological polar surface area (TPSA) is 9.86 Å². The van der Waals surface area contributed by atoms with Crippen LogP contribution < -0.4 is 0 Å². The van der Waals surface area contributed by atoms with E-state index in [2.05, 4.69) is 197 Å². The lowest BCUT2D eigenvalue weighted by Gasteiger charge is -2.28. The highest BCUT2D eigenvalue weighted by atomic mass is 15.0. The van der Waals surface area contributed by atoms with Crippen molar-refractivity contribution in [1.82, 2.24) is 9.13 Å². The molecule has 8 aromatic rings. The van der Waals surface area contributed by atoms with Crippen molar-refractivity contribution in [1.29, 1.82) is 0 Å². The second-order valence-electron chi connectivity index (χ2n) is 16.6. The van der Waals surface area contributed by atoms with Gasteiger partial charge < -0.3 is 9.13 Å². The summed E-state index contributed by atoms with van der Waals surface area (Å²) in [6, 6.07) is 43.0. The summed E-state index contributed by atoms with van der Waals surface area (Å²) in [6.07, 6.45) is 12.3. The molecule has 276 valence electrons. The zero-order chi connectivity index (χ0) is 39.4. The molecule has 10 rings (SSSR count). The van der Waals surface area contributed by atoms with Gasteiger partial charge in [-0.2, -0.15) is 0 Å². The number of allylic oxidation sites excluding steroid dienone is 5. The minimum absolute atomic E-state index is 0.248. The standard InChI is InChI=1S/C55H46N2/c1-9-19-34(11-3)41-33-46-51(42-31-35(27-29-44(42)54(46,5)6)56-47(20-10-2)37(12-4)38-21-13-16-24-48(38)56)52-43-32-36(28-30-45(43)55(7,8)53(41)52)57-49-25-17-14-22-39(49)40-23-15-18-26-50(40)57/h9-33H,1,3-4H2,2,5-8H3/b20-10-,34-19+. The van der Waals surface area contributed by atoms with Crippen molar-refractivity contribution in [2.75, 3.05) is 0 Å². The van der Waals surface area contributed by atoms with Crippen LogP contribution in [0.1, 0.15) is 73.7 Å². The van der Waals surface area contributed by atoms with Crippen LogP contribution in [0.2, 0.25) is 0 Å². The Bertz CT molecular complexity index is 3070. The molecule has 2 aliphatic carbocycles. The summed E-state index contributed by atoms with van der Waals surface area (Å²) in [5.74, 6) is 0. The Morgan fingerprint density at radius 3 is 1.70 bits per heavy atom. The molecule has 2 aliphatic rings. The predicted octanol–water partition coefficient (Wildman–Crippen LogP) is 14.8. The molecule has 2 heteroatoms. The van der Waals surface area contributed by atoms with E-state index in [1.54, 1.807) is 0 Å². The molecule has 0 saturated heterocycles. The third-order valence-electron chi connectivity index (χ3n) is 12.9. The average Bonchev–Trinajstić information content (AvgIpc) is 3.88. The largest absolute Gasteiger partial charge is 0.309 e. The first-order valence-electron chi connectivity index (χ1n) is 20.0. The number of benzene rings is 6. The number of rotatable bonds is 7. The van der Waals surface area contributed by atoms with E-state index in [9.17, 15) is 0 Å². The number of hydrogen-bond acceptors (Lipinski definition) is 0. The van der Waals surface area contributed by atoms with Crippen molar-refractivity contribution in [3.05, 3.63) is 198 Å². The van der Waals surface area contributed by atoms with E-state index in [4.69, 9.17) is 0 Å². The maximum atomic E-state index is 4.32. The fraction of sp³-hybridized carbons (Fsp3) is 0.127. The van der Waals surface area contributed by atoms with Gasteiger partial charge in [0, 0.05) is 43.9 Å². The molecule has 0 bridgehead atoms. The van der Waals surface area contributed by atoms with Crippen LogP contribution in [0, 0.1) is 0 Å². The molecular formula is C55H46N2. The third kappa shape index (κ3) is 4.65. The highest BCUT2D eigenvalue weighted by Gasteiger charge is 2.46. The van der Waals surface area contributed by atoms with Crippen molar-refractivity contribution in [2.45, 2.75) is 45.4 Å². The van der Waals surface area contributed by atoms with Crippen molar-refractivity contribution in [2.24, 2.45) is 0 Å². The van der Waals surface area contributed by atoms with Crippen LogP contribution >= 0.6 is 0 Å². The Balaban J connectivity index is 1.32. The number of nitrogens with zero attached hydrogens (tertiary/aromatic N) is 2. The predicted molar refractivity (Wildman–Crippen MR) is 246 cm³/mol. The minimum atomic E-state index is -0.281. The van der Waals surface area contributed by atoms with Gasteiger partial charge in [-0.25, -0.2) is 0 Å². The Morgan fingerprint density at radius 1 is 0.579 bits per heavy atom. The minimum Gasteiger partial charge on any atom is -0.309 e. The van der Waals surface area contributed by atoms with Crippen molar-refractivity contribution < 1.29 is 0 Å². The highest BCUT2D eigenvalue weighted by molar-refractivity contribution is 6.10. The Morgan fingerprint density at radius 2 is 1.12 bits per heavy atom. The van der Waals surface area contributed by atoms with Crippen molar-refractivity contribution in [3.63, 3.8) is 0 Å². The van der Waals surface area contributed by atoms with E-state index >= 15 is 0 Å². The Hall–Kier alpha value is -6.64. The van der Waals surface area contributed by atoms with E-state index in [0.29, 0.717) is 0 Å². The van der Waals surface area contributed by atoms with Gasteiger partial charge in [0.1, 0.15) is 0 Å². The molecule has 0 amide bonds. The summed E-state index contributed by atoms with van der Waals surface area (Å²) in [5, 5.41) is 3.73. The van der Waals surface area contributed by atoms with Crippen molar-refractivity contribution in [3.8, 4) is 33.6 Å². The molecule has 0 atom stereocenters. The van der Waals surface area contributed by atoms with Gasteiger partial charge in [-0.05, 0) is 117 Å². The molecule has 57 heavy (non-hydrogen) atoms. The fourth-order valence-electron chi connectivity index (χ4n) is 10.4. The summed E-state index contributed by atoms with van der Waals surface area (Å²) in [6.45, 7) is 24.3. The van der Waals surface area contributed by atoms with Crippen LogP contribution in [-0.2, 0) is 10.8 Å². The first kappa shape index (κ1) is 34.8. The summed E-state index contributed by atoms with van der Waals surface area (Å²) in [4.78, 5) is 0. The molecule has 0 unspecified atom stereocenters. The lowest BCUT2D eigenvalue weighted by atomic mass is 9.75. The lowest BCUT2D eigenvalue weighted by Crippen LogP contribution is -2.19. The van der Waals surface area contributed by atoms with Crippen molar-refractivity contribution >= 4 is 50.4 Å². The van der Waals surface area contributed by atoms with Gasteiger partial charge in [0.05, 0.1) is 22.2 Å². The van der Waals surface area contributed by atoms with Crippen LogP contribution in [-0.4, -0.2) is 9.13 Å². The molecule has 0 aliphatic heterocycles. The van der Waals surface area contributed by atoms with Gasteiger partial charge in [-0.1, -0.05) is 145 Å². The monoisotopic (exact) mass is 734 g/mol. The highest BCUT2D eigenvalue weighted by Crippen LogP contribution is 2.61. The fourth-order valence-corrected chi connectivity index (χ4v) is 10.4.